The Morgan fingerprint density at radius 1 is 0.558 bits per heavy atom. The van der Waals surface area contributed by atoms with E-state index in [1.165, 1.54) is 21.9 Å². The van der Waals surface area contributed by atoms with Crippen LogP contribution >= 0.6 is 0 Å². The zero-order chi connectivity index (χ0) is 34.2. The summed E-state index contributed by atoms with van der Waals surface area (Å²) >= 11 is 0. The van der Waals surface area contributed by atoms with Crippen molar-refractivity contribution in [1.82, 2.24) is 19.5 Å². The van der Waals surface area contributed by atoms with Crippen molar-refractivity contribution >= 4 is 54.5 Å². The van der Waals surface area contributed by atoms with Crippen LogP contribution in [0.1, 0.15) is 11.1 Å². The number of phenols is 1. The third-order valence-electron chi connectivity index (χ3n) is 9.99. The van der Waals surface area contributed by atoms with E-state index < -0.39 is 0 Å². The summed E-state index contributed by atoms with van der Waals surface area (Å²) in [5.74, 6) is 0.955. The van der Waals surface area contributed by atoms with Crippen LogP contribution in [0, 0.1) is 13.8 Å². The van der Waals surface area contributed by atoms with Crippen LogP contribution in [0.2, 0.25) is 0 Å². The molecule has 0 radical (unpaired) electrons. The second kappa shape index (κ2) is 12.3. The van der Waals surface area contributed by atoms with Crippen molar-refractivity contribution in [2.24, 2.45) is 0 Å². The summed E-state index contributed by atoms with van der Waals surface area (Å²) in [6, 6.07) is 50.2. The van der Waals surface area contributed by atoms with Crippen molar-refractivity contribution in [3.63, 3.8) is 0 Å². The van der Waals surface area contributed by atoms with Crippen LogP contribution < -0.4 is 4.98 Å². The Morgan fingerprint density at radius 2 is 1.25 bits per heavy atom. The van der Waals surface area contributed by atoms with Crippen molar-refractivity contribution in [2.75, 3.05) is 0 Å². The maximum atomic E-state index is 11.1. The van der Waals surface area contributed by atoms with Gasteiger partial charge in [-0.1, -0.05) is 120 Å². The molecule has 0 aliphatic rings. The first-order valence-corrected chi connectivity index (χ1v) is 17.2. The maximum Gasteiger partial charge on any atom is 0.144 e. The largest absolute Gasteiger partial charge is 0.656 e. The van der Waals surface area contributed by atoms with Gasteiger partial charge in [0.2, 0.25) is 0 Å². The second-order valence-electron chi connectivity index (χ2n) is 13.4. The van der Waals surface area contributed by atoms with Crippen molar-refractivity contribution in [1.29, 1.82) is 0 Å². The topological polar surface area (TPSA) is 65.0 Å². The van der Waals surface area contributed by atoms with Crippen LogP contribution in [0.15, 0.2) is 146 Å². The number of fused-ring (bicyclic) bond motifs is 6. The van der Waals surface area contributed by atoms with E-state index in [-0.39, 0.29) is 26.8 Å². The molecule has 10 aromatic rings. The Hall–Kier alpha value is -6.03. The molecule has 7 aromatic carbocycles. The van der Waals surface area contributed by atoms with Gasteiger partial charge < -0.3 is 10.1 Å². The quantitative estimate of drug-likeness (QED) is 0.192. The van der Waals surface area contributed by atoms with Gasteiger partial charge in [0.05, 0.1) is 16.7 Å². The number of benzene rings is 7. The summed E-state index contributed by atoms with van der Waals surface area (Å²) in [6.45, 7) is 4.23. The summed E-state index contributed by atoms with van der Waals surface area (Å²) in [6.07, 6.45) is 0. The number of imidazole rings is 1. The van der Waals surface area contributed by atoms with E-state index in [0.29, 0.717) is 5.52 Å². The summed E-state index contributed by atoms with van der Waals surface area (Å²) in [7, 11) is 0. The molecule has 0 saturated carbocycles. The molecule has 52 heavy (non-hydrogen) atoms. The minimum Gasteiger partial charge on any atom is -0.656 e. The summed E-state index contributed by atoms with van der Waals surface area (Å²) in [5, 5.41) is 16.6. The zero-order valence-corrected chi connectivity index (χ0v) is 30.7. The first-order chi connectivity index (χ1) is 25.0. The van der Waals surface area contributed by atoms with E-state index in [4.69, 9.17) is 15.0 Å². The summed E-state index contributed by atoms with van der Waals surface area (Å²) < 4.78 is 2.23. The Kier molecular flexibility index (Phi) is 7.57. The molecule has 0 amide bonds. The minimum atomic E-state index is 0. The molecule has 0 spiro atoms. The van der Waals surface area contributed by atoms with E-state index in [0.717, 1.165) is 77.7 Å². The standard InChI is InChI=1S/C46H31N4O.Pt/c1-27-21-28(2)23-31(22-27)37-26-40(48-45-33(37)16-10-20-42(45)51)35-17-9-19-41-44(35)49-46(50(41)32-13-4-3-5-14-32)36-18-8-15-34-38-24-29-11-6-7-12-30(29)25-39(38)47-43(34)36;/h3-26H,1-2H3,(H-,47,48,49,51);/q-1;. The van der Waals surface area contributed by atoms with Crippen LogP contribution in [0.25, 0.3) is 94.0 Å². The number of aryl methyl sites for hydroxylation is 2. The van der Waals surface area contributed by atoms with E-state index in [9.17, 15) is 5.11 Å². The smallest absolute Gasteiger partial charge is 0.144 e. The number of phenolic OH excluding ortho intramolecular Hbond substituents is 1. The van der Waals surface area contributed by atoms with Gasteiger partial charge in [-0.15, -0.1) is 11.0 Å². The summed E-state index contributed by atoms with van der Waals surface area (Å²) in [4.78, 5) is 15.8. The van der Waals surface area contributed by atoms with Gasteiger partial charge in [0.1, 0.15) is 17.1 Å². The van der Waals surface area contributed by atoms with Gasteiger partial charge in [-0.25, -0.2) is 9.97 Å². The second-order valence-corrected chi connectivity index (χ2v) is 13.4. The van der Waals surface area contributed by atoms with Gasteiger partial charge >= 0.3 is 0 Å². The van der Waals surface area contributed by atoms with Crippen LogP contribution in [0.4, 0.5) is 0 Å². The van der Waals surface area contributed by atoms with Crippen LogP contribution in [-0.4, -0.2) is 19.6 Å². The Balaban J connectivity index is 0.00000360. The monoisotopic (exact) mass is 850 g/mol. The van der Waals surface area contributed by atoms with E-state index in [1.807, 2.05) is 18.2 Å². The van der Waals surface area contributed by atoms with Gasteiger partial charge in [0.25, 0.3) is 0 Å². The fourth-order valence-electron chi connectivity index (χ4n) is 7.78. The Morgan fingerprint density at radius 3 is 2.06 bits per heavy atom. The van der Waals surface area contributed by atoms with Gasteiger partial charge in [0, 0.05) is 43.3 Å². The fourth-order valence-corrected chi connectivity index (χ4v) is 7.78. The number of aromatic hydroxyl groups is 1. The van der Waals surface area contributed by atoms with Gasteiger partial charge in [0.15, 0.2) is 0 Å². The van der Waals surface area contributed by atoms with Crippen LogP contribution in [0.3, 0.4) is 0 Å². The third-order valence-corrected chi connectivity index (χ3v) is 9.99. The van der Waals surface area contributed by atoms with Gasteiger partial charge in [-0.05, 0) is 82.9 Å². The summed E-state index contributed by atoms with van der Waals surface area (Å²) in [5.41, 5.74) is 12.3. The number of hydrogen-bond acceptors (Lipinski definition) is 3. The Labute approximate surface area is 314 Å². The molecule has 0 aliphatic heterocycles. The number of rotatable bonds is 4. The molecule has 3 heterocycles. The molecule has 0 atom stereocenters. The molecular formula is C46H31N4OPt-. The number of nitrogens with zero attached hydrogens (tertiary/aromatic N) is 4. The van der Waals surface area contributed by atoms with Crippen LogP contribution in [-0.2, 0) is 21.1 Å². The van der Waals surface area contributed by atoms with Crippen molar-refractivity contribution in [2.45, 2.75) is 13.8 Å². The maximum absolute atomic E-state index is 11.1. The van der Waals surface area contributed by atoms with Crippen LogP contribution in [0.5, 0.6) is 5.75 Å². The molecule has 252 valence electrons. The van der Waals surface area contributed by atoms with E-state index >= 15 is 0 Å². The van der Waals surface area contributed by atoms with Gasteiger partial charge in [-0.2, -0.15) is 0 Å². The first kappa shape index (κ1) is 31.9. The molecule has 0 fully saturated rings. The predicted octanol–water partition coefficient (Wildman–Crippen LogP) is 11.3. The zero-order valence-electron chi connectivity index (χ0n) is 28.4. The van der Waals surface area contributed by atoms with Crippen molar-refractivity contribution < 1.29 is 26.2 Å². The molecule has 0 unspecified atom stereocenters. The predicted molar refractivity (Wildman–Crippen MR) is 210 cm³/mol. The molecular weight excluding hydrogens is 820 g/mol. The first-order valence-electron chi connectivity index (χ1n) is 17.2. The number of pyridine rings is 1. The third kappa shape index (κ3) is 5.04. The molecule has 3 aromatic heterocycles. The van der Waals surface area contributed by atoms with Gasteiger partial charge in [-0.3, -0.25) is 4.57 Å². The minimum absolute atomic E-state index is 0. The average molecular weight is 851 g/mol. The number of para-hydroxylation sites is 4. The molecule has 0 aliphatic carbocycles. The van der Waals surface area contributed by atoms with Crippen molar-refractivity contribution in [3.8, 4) is 45.2 Å². The normalized spacial score (nSPS) is 11.6. The molecule has 0 bridgehead atoms. The molecule has 6 heteroatoms. The average Bonchev–Trinajstić information content (AvgIpc) is 3.72. The molecule has 1 N–H and O–H groups in total. The molecule has 5 nitrogen and oxygen atoms in total. The molecule has 10 rings (SSSR count). The number of aromatic nitrogens is 4. The Bertz CT molecular complexity index is 2990. The number of hydrogen-bond donors (Lipinski definition) is 1. The SMILES string of the molecule is Cc1cc(C)cc(-c2cc(-c3cccc4c3nc(-c3cccc5c3[n-]c3cc6ccccc6cc35)n4-c3ccccc3)nc3c(O)cccc23)c1.[Pt]. The fraction of sp³-hybridized carbons (Fsp3) is 0.0435. The molecule has 0 saturated heterocycles. The van der Waals surface area contributed by atoms with E-state index in [2.05, 4.69) is 140 Å². The van der Waals surface area contributed by atoms with E-state index in [1.54, 1.807) is 6.07 Å². The van der Waals surface area contributed by atoms with Crippen molar-refractivity contribution in [3.05, 3.63) is 157 Å².